The second-order valence-corrected chi connectivity index (χ2v) is 3.81. The van der Waals surface area contributed by atoms with Gasteiger partial charge in [-0.15, -0.1) is 0 Å². The SMILES string of the molecule is O=CCCSSCOC=O. The highest BCUT2D eigenvalue weighted by atomic mass is 33.1. The van der Waals surface area contributed by atoms with Gasteiger partial charge in [0.1, 0.15) is 12.2 Å². The van der Waals surface area contributed by atoms with Crippen LogP contribution in [0.25, 0.3) is 0 Å². The van der Waals surface area contributed by atoms with Crippen molar-refractivity contribution in [1.82, 2.24) is 0 Å². The van der Waals surface area contributed by atoms with Gasteiger partial charge in [0.25, 0.3) is 6.47 Å². The zero-order chi connectivity index (χ0) is 7.66. The van der Waals surface area contributed by atoms with E-state index in [9.17, 15) is 9.59 Å². The molecule has 10 heavy (non-hydrogen) atoms. The quantitative estimate of drug-likeness (QED) is 0.254. The van der Waals surface area contributed by atoms with Crippen molar-refractivity contribution in [3.63, 3.8) is 0 Å². The van der Waals surface area contributed by atoms with Crippen LogP contribution in [0.2, 0.25) is 0 Å². The number of ether oxygens (including phenoxy) is 1. The molecular formula is C5H8O3S2. The van der Waals surface area contributed by atoms with Crippen LogP contribution < -0.4 is 0 Å². The van der Waals surface area contributed by atoms with Gasteiger partial charge in [0.05, 0.1) is 0 Å². The molecule has 0 unspecified atom stereocenters. The van der Waals surface area contributed by atoms with E-state index in [1.54, 1.807) is 0 Å². The Labute approximate surface area is 67.3 Å². The predicted octanol–water partition coefficient (Wildman–Crippen LogP) is 1.09. The van der Waals surface area contributed by atoms with Crippen molar-refractivity contribution in [2.24, 2.45) is 0 Å². The molecule has 3 nitrogen and oxygen atoms in total. The van der Waals surface area contributed by atoms with E-state index >= 15 is 0 Å². The monoisotopic (exact) mass is 180 g/mol. The molecule has 0 aromatic carbocycles. The fourth-order valence-corrected chi connectivity index (χ4v) is 1.75. The van der Waals surface area contributed by atoms with Gasteiger partial charge >= 0.3 is 0 Å². The lowest BCUT2D eigenvalue weighted by atomic mass is 10.6. The molecule has 0 radical (unpaired) electrons. The van der Waals surface area contributed by atoms with Crippen LogP contribution in [-0.4, -0.2) is 24.5 Å². The lowest BCUT2D eigenvalue weighted by Gasteiger charge is -1.94. The zero-order valence-electron chi connectivity index (χ0n) is 5.32. The minimum absolute atomic E-state index is 0.354. The molecule has 0 fully saturated rings. The number of hydrogen-bond donors (Lipinski definition) is 0. The molecule has 0 saturated heterocycles. The van der Waals surface area contributed by atoms with Crippen molar-refractivity contribution in [2.45, 2.75) is 6.42 Å². The molecule has 0 amide bonds. The Kier molecular flexibility index (Phi) is 8.70. The van der Waals surface area contributed by atoms with Gasteiger partial charge in [-0.2, -0.15) is 0 Å². The maximum Gasteiger partial charge on any atom is 0.293 e. The van der Waals surface area contributed by atoms with Crippen molar-refractivity contribution < 1.29 is 14.3 Å². The van der Waals surface area contributed by atoms with Crippen molar-refractivity contribution >= 4 is 34.3 Å². The van der Waals surface area contributed by atoms with Crippen LogP contribution in [0, 0.1) is 0 Å². The molecule has 0 aromatic rings. The van der Waals surface area contributed by atoms with E-state index in [0.29, 0.717) is 18.8 Å². The fourth-order valence-electron chi connectivity index (χ4n) is 0.245. The summed E-state index contributed by atoms with van der Waals surface area (Å²) in [6.45, 7) is 0.410. The minimum Gasteiger partial charge on any atom is -0.456 e. The third-order valence-electron chi connectivity index (χ3n) is 0.587. The average molecular weight is 180 g/mol. The number of aldehydes is 1. The maximum atomic E-state index is 9.78. The van der Waals surface area contributed by atoms with E-state index in [1.807, 2.05) is 0 Å². The molecule has 0 heterocycles. The summed E-state index contributed by atoms with van der Waals surface area (Å²) in [5.74, 6) is 1.13. The summed E-state index contributed by atoms with van der Waals surface area (Å²) >= 11 is 0. The molecule has 0 rings (SSSR count). The first-order valence-electron chi connectivity index (χ1n) is 2.65. The Morgan fingerprint density at radius 3 is 2.70 bits per heavy atom. The molecule has 0 bridgehead atoms. The summed E-state index contributed by atoms with van der Waals surface area (Å²) in [6.07, 6.45) is 1.42. The van der Waals surface area contributed by atoms with E-state index in [2.05, 4.69) is 4.74 Å². The lowest BCUT2D eigenvalue weighted by molar-refractivity contribution is -0.126. The second-order valence-electron chi connectivity index (χ2n) is 1.28. The average Bonchev–Trinajstić information content (AvgIpc) is 1.97. The molecule has 0 N–H and O–H groups in total. The van der Waals surface area contributed by atoms with Crippen LogP contribution in [-0.2, 0) is 14.3 Å². The van der Waals surface area contributed by atoms with Gasteiger partial charge in [0.2, 0.25) is 0 Å². The fraction of sp³-hybridized carbons (Fsp3) is 0.600. The molecule has 0 aromatic heterocycles. The predicted molar refractivity (Wildman–Crippen MR) is 42.7 cm³/mol. The topological polar surface area (TPSA) is 43.4 Å². The second kappa shape index (κ2) is 8.84. The van der Waals surface area contributed by atoms with Crippen LogP contribution in [0.15, 0.2) is 0 Å². The first-order valence-corrected chi connectivity index (χ1v) is 5.14. The largest absolute Gasteiger partial charge is 0.456 e. The van der Waals surface area contributed by atoms with Gasteiger partial charge < -0.3 is 9.53 Å². The molecule has 0 aliphatic heterocycles. The highest BCUT2D eigenvalue weighted by Crippen LogP contribution is 2.20. The summed E-state index contributed by atoms with van der Waals surface area (Å²) in [5, 5.41) is 0. The smallest absolute Gasteiger partial charge is 0.293 e. The van der Waals surface area contributed by atoms with Crippen molar-refractivity contribution in [3.8, 4) is 0 Å². The van der Waals surface area contributed by atoms with Crippen molar-refractivity contribution in [1.29, 1.82) is 0 Å². The first kappa shape index (κ1) is 9.84. The van der Waals surface area contributed by atoms with E-state index in [4.69, 9.17) is 0 Å². The highest BCUT2D eigenvalue weighted by molar-refractivity contribution is 8.76. The molecule has 5 heteroatoms. The van der Waals surface area contributed by atoms with E-state index in [1.165, 1.54) is 21.6 Å². The maximum absolute atomic E-state index is 9.78. The molecule has 0 spiro atoms. The number of hydrogen-bond acceptors (Lipinski definition) is 5. The van der Waals surface area contributed by atoms with Gasteiger partial charge in [-0.25, -0.2) is 0 Å². The van der Waals surface area contributed by atoms with Crippen molar-refractivity contribution in [2.75, 3.05) is 11.7 Å². The Balaban J connectivity index is 2.76. The van der Waals surface area contributed by atoms with Gasteiger partial charge in [0, 0.05) is 12.2 Å². The van der Waals surface area contributed by atoms with Crippen molar-refractivity contribution in [3.05, 3.63) is 0 Å². The van der Waals surface area contributed by atoms with E-state index < -0.39 is 0 Å². The normalized spacial score (nSPS) is 8.80. The summed E-state index contributed by atoms with van der Waals surface area (Å²) < 4.78 is 4.39. The molecular weight excluding hydrogens is 172 g/mol. The summed E-state index contributed by atoms with van der Waals surface area (Å²) in [5.41, 5.74) is 0. The van der Waals surface area contributed by atoms with Crippen LogP contribution >= 0.6 is 21.6 Å². The van der Waals surface area contributed by atoms with Gasteiger partial charge in [0.15, 0.2) is 0 Å². The Bertz CT molecular complexity index is 84.9. The molecule has 0 aliphatic rings. The van der Waals surface area contributed by atoms with E-state index in [0.717, 1.165) is 12.0 Å². The molecule has 0 saturated carbocycles. The Morgan fingerprint density at radius 1 is 1.30 bits per heavy atom. The standard InChI is InChI=1S/C5H8O3S2/c6-2-1-3-9-10-5-8-4-7/h2,4H,1,3,5H2. The lowest BCUT2D eigenvalue weighted by Crippen LogP contribution is -1.83. The summed E-state index contributed by atoms with van der Waals surface area (Å²) in [7, 11) is 2.94. The highest BCUT2D eigenvalue weighted by Gasteiger charge is 1.88. The van der Waals surface area contributed by atoms with Gasteiger partial charge in [-0.3, -0.25) is 4.79 Å². The van der Waals surface area contributed by atoms with Crippen LogP contribution in [0.5, 0.6) is 0 Å². The van der Waals surface area contributed by atoms with Crippen LogP contribution in [0.3, 0.4) is 0 Å². The van der Waals surface area contributed by atoms with Crippen LogP contribution in [0.1, 0.15) is 6.42 Å². The number of carbonyl (C=O) groups is 2. The first-order chi connectivity index (χ1) is 4.91. The van der Waals surface area contributed by atoms with E-state index in [-0.39, 0.29) is 0 Å². The van der Waals surface area contributed by atoms with Crippen LogP contribution in [0.4, 0.5) is 0 Å². The Hall–Kier alpha value is -0.160. The number of carbonyl (C=O) groups excluding carboxylic acids is 2. The van der Waals surface area contributed by atoms with Gasteiger partial charge in [-0.05, 0) is 0 Å². The van der Waals surface area contributed by atoms with Gasteiger partial charge in [-0.1, -0.05) is 21.6 Å². The Morgan fingerprint density at radius 2 is 2.10 bits per heavy atom. The molecule has 58 valence electrons. The number of rotatable bonds is 7. The third-order valence-corrected chi connectivity index (χ3v) is 2.68. The summed E-state index contributed by atoms with van der Waals surface area (Å²) in [6, 6.07) is 0. The summed E-state index contributed by atoms with van der Waals surface area (Å²) in [4.78, 5) is 19.4. The minimum atomic E-state index is 0.354. The zero-order valence-corrected chi connectivity index (χ0v) is 6.95. The molecule has 0 aliphatic carbocycles. The third kappa shape index (κ3) is 7.84. The molecule has 0 atom stereocenters.